The lowest BCUT2D eigenvalue weighted by molar-refractivity contribution is -0.305. The third kappa shape index (κ3) is 36.1. The van der Waals surface area contributed by atoms with Crippen LogP contribution in [0.5, 0.6) is 0 Å². The molecule has 1 heterocycles. The van der Waals surface area contributed by atoms with Crippen LogP contribution in [0.4, 0.5) is 0 Å². The van der Waals surface area contributed by atoms with E-state index in [4.69, 9.17) is 18.9 Å². The summed E-state index contributed by atoms with van der Waals surface area (Å²) in [6, 6.07) is 0. The number of esters is 1. The molecule has 0 radical (unpaired) electrons. The van der Waals surface area contributed by atoms with E-state index in [1.54, 1.807) is 0 Å². The minimum atomic E-state index is -1.54. The molecule has 6 unspecified atom stereocenters. The Labute approximate surface area is 392 Å². The summed E-state index contributed by atoms with van der Waals surface area (Å²) >= 11 is 0. The quantitative estimate of drug-likeness (QED) is 0.0268. The molecule has 0 aromatic heterocycles. The third-order valence-corrected chi connectivity index (χ3v) is 11.9. The summed E-state index contributed by atoms with van der Waals surface area (Å²) in [5.41, 5.74) is 0. The molecule has 0 amide bonds. The molecule has 0 aromatic rings. The second-order valence-electron chi connectivity index (χ2n) is 17.9. The molecule has 9 heteroatoms. The topological polar surface area (TPSA) is 135 Å². The van der Waals surface area contributed by atoms with Crippen LogP contribution in [-0.4, -0.2) is 89.6 Å². The molecule has 0 saturated carbocycles. The van der Waals surface area contributed by atoms with E-state index in [9.17, 15) is 25.2 Å². The van der Waals surface area contributed by atoms with Gasteiger partial charge in [-0.3, -0.25) is 4.79 Å². The van der Waals surface area contributed by atoms with Crippen LogP contribution in [0.3, 0.4) is 0 Å². The number of allylic oxidation sites excluding steroid dienone is 10. The molecule has 1 saturated heterocycles. The van der Waals surface area contributed by atoms with E-state index in [0.717, 1.165) is 64.2 Å². The van der Waals surface area contributed by atoms with Gasteiger partial charge >= 0.3 is 5.97 Å². The van der Waals surface area contributed by atoms with Gasteiger partial charge in [0, 0.05) is 13.0 Å². The normalized spacial score (nSPS) is 20.0. The summed E-state index contributed by atoms with van der Waals surface area (Å²) < 4.78 is 22.9. The average Bonchev–Trinajstić information content (AvgIpc) is 3.30. The van der Waals surface area contributed by atoms with Gasteiger partial charge in [0.15, 0.2) is 6.29 Å². The Morgan fingerprint density at radius 2 is 0.953 bits per heavy atom. The summed E-state index contributed by atoms with van der Waals surface area (Å²) in [4.78, 5) is 12.8. The van der Waals surface area contributed by atoms with Gasteiger partial charge in [-0.05, 0) is 57.8 Å². The predicted molar refractivity (Wildman–Crippen MR) is 265 cm³/mol. The van der Waals surface area contributed by atoms with Gasteiger partial charge in [-0.25, -0.2) is 0 Å². The molecule has 1 aliphatic heterocycles. The van der Waals surface area contributed by atoms with Crippen LogP contribution < -0.4 is 0 Å². The van der Waals surface area contributed by atoms with Gasteiger partial charge in [-0.15, -0.1) is 0 Å². The van der Waals surface area contributed by atoms with Gasteiger partial charge in [0.25, 0.3) is 0 Å². The summed E-state index contributed by atoms with van der Waals surface area (Å²) in [5, 5.41) is 40.3. The Morgan fingerprint density at radius 3 is 1.42 bits per heavy atom. The van der Waals surface area contributed by atoms with Gasteiger partial charge in [-0.1, -0.05) is 216 Å². The molecule has 372 valence electrons. The highest BCUT2D eigenvalue weighted by molar-refractivity contribution is 5.69. The van der Waals surface area contributed by atoms with Crippen molar-refractivity contribution in [2.24, 2.45) is 0 Å². The second-order valence-corrected chi connectivity index (χ2v) is 17.9. The van der Waals surface area contributed by atoms with Crippen molar-refractivity contribution in [1.82, 2.24) is 0 Å². The Bertz CT molecular complexity index is 1160. The zero-order chi connectivity index (χ0) is 46.4. The number of carbonyl (C=O) groups excluding carboxylic acids is 1. The lowest BCUT2D eigenvalue weighted by Crippen LogP contribution is -2.59. The fourth-order valence-electron chi connectivity index (χ4n) is 7.87. The number of rotatable bonds is 45. The molecule has 64 heavy (non-hydrogen) atoms. The number of hydrogen-bond donors (Lipinski definition) is 4. The van der Waals surface area contributed by atoms with Crippen LogP contribution in [0, 0.1) is 0 Å². The largest absolute Gasteiger partial charge is 0.457 e. The zero-order valence-electron chi connectivity index (χ0n) is 41.0. The number of carbonyl (C=O) groups is 1. The average molecular weight is 903 g/mol. The van der Waals surface area contributed by atoms with Gasteiger partial charge in [0.1, 0.15) is 30.5 Å². The molecule has 1 rings (SSSR count). The van der Waals surface area contributed by atoms with Crippen molar-refractivity contribution in [3.63, 3.8) is 0 Å². The minimum absolute atomic E-state index is 0.127. The lowest BCUT2D eigenvalue weighted by Gasteiger charge is -2.39. The smallest absolute Gasteiger partial charge is 0.306 e. The van der Waals surface area contributed by atoms with Gasteiger partial charge in [0.2, 0.25) is 0 Å². The number of hydrogen-bond acceptors (Lipinski definition) is 9. The first kappa shape index (κ1) is 59.9. The maximum absolute atomic E-state index is 12.8. The molecular formula is C55H98O9. The van der Waals surface area contributed by atoms with Crippen LogP contribution in [0.15, 0.2) is 60.8 Å². The maximum Gasteiger partial charge on any atom is 0.306 e. The van der Waals surface area contributed by atoms with Crippen molar-refractivity contribution in [3.8, 4) is 0 Å². The van der Waals surface area contributed by atoms with Crippen molar-refractivity contribution in [1.29, 1.82) is 0 Å². The summed E-state index contributed by atoms with van der Waals surface area (Å²) in [7, 11) is 0. The fourth-order valence-corrected chi connectivity index (χ4v) is 7.87. The Morgan fingerprint density at radius 1 is 0.516 bits per heavy atom. The van der Waals surface area contributed by atoms with E-state index in [1.165, 1.54) is 128 Å². The summed E-state index contributed by atoms with van der Waals surface area (Å²) in [6.45, 7) is 4.43. The van der Waals surface area contributed by atoms with E-state index < -0.39 is 43.4 Å². The lowest BCUT2D eigenvalue weighted by atomic mass is 9.99. The van der Waals surface area contributed by atoms with Gasteiger partial charge in [-0.2, -0.15) is 0 Å². The molecule has 1 aliphatic rings. The fraction of sp³-hybridized carbons (Fsp3) is 0.800. The highest BCUT2D eigenvalue weighted by Crippen LogP contribution is 2.23. The van der Waals surface area contributed by atoms with Gasteiger partial charge in [0.05, 0.1) is 19.8 Å². The molecule has 0 spiro atoms. The van der Waals surface area contributed by atoms with Crippen LogP contribution in [-0.2, 0) is 23.7 Å². The van der Waals surface area contributed by atoms with Crippen LogP contribution in [0.2, 0.25) is 0 Å². The second kappa shape index (κ2) is 46.0. The van der Waals surface area contributed by atoms with E-state index in [1.807, 2.05) is 0 Å². The highest BCUT2D eigenvalue weighted by Gasteiger charge is 2.44. The number of ether oxygens (including phenoxy) is 4. The first-order chi connectivity index (χ1) is 31.4. The first-order valence-electron chi connectivity index (χ1n) is 26.4. The molecule has 1 fully saturated rings. The number of aliphatic hydroxyl groups is 4. The minimum Gasteiger partial charge on any atom is -0.457 e. The Kier molecular flexibility index (Phi) is 43.1. The third-order valence-electron chi connectivity index (χ3n) is 11.9. The predicted octanol–water partition coefficient (Wildman–Crippen LogP) is 13.0. The summed E-state index contributed by atoms with van der Waals surface area (Å²) in [6.07, 6.45) is 52.6. The van der Waals surface area contributed by atoms with Crippen molar-refractivity contribution in [3.05, 3.63) is 60.8 Å². The van der Waals surface area contributed by atoms with E-state index in [2.05, 4.69) is 74.6 Å². The number of unbranched alkanes of at least 4 members (excludes halogenated alkanes) is 24. The van der Waals surface area contributed by atoms with Crippen molar-refractivity contribution < 1.29 is 44.2 Å². The monoisotopic (exact) mass is 903 g/mol. The molecule has 0 bridgehead atoms. The highest BCUT2D eigenvalue weighted by atomic mass is 16.7. The Balaban J connectivity index is 2.21. The zero-order valence-corrected chi connectivity index (χ0v) is 41.0. The van der Waals surface area contributed by atoms with Crippen LogP contribution in [0.25, 0.3) is 0 Å². The van der Waals surface area contributed by atoms with E-state index >= 15 is 0 Å². The molecule has 0 aromatic carbocycles. The standard InChI is InChI=1S/C55H98O9/c1-3-5-7-9-11-13-15-17-19-21-23-24-25-27-29-31-33-35-37-39-41-43-45-61-47-49(48-62-55-54(60)53(59)52(58)50(46-56)64-55)63-51(57)44-42-40-38-36-34-32-30-28-26-22-20-18-16-14-12-10-8-6-4-2/h6,8,12,14,18,20,26,28,32,34,49-50,52-56,58-60H,3-5,7,9-11,13,15-17,19,21-25,27,29-31,33,35-48H2,1-2H3/b8-6-,14-12-,20-18-,28-26-,34-32-. The molecule has 9 nitrogen and oxygen atoms in total. The van der Waals surface area contributed by atoms with Crippen LogP contribution >= 0.6 is 0 Å². The van der Waals surface area contributed by atoms with E-state index in [-0.39, 0.29) is 25.6 Å². The van der Waals surface area contributed by atoms with Crippen molar-refractivity contribution >= 4 is 5.97 Å². The van der Waals surface area contributed by atoms with Crippen LogP contribution in [0.1, 0.15) is 219 Å². The molecular weight excluding hydrogens is 805 g/mol. The van der Waals surface area contributed by atoms with E-state index in [0.29, 0.717) is 13.0 Å². The molecule has 4 N–H and O–H groups in total. The van der Waals surface area contributed by atoms with Crippen molar-refractivity contribution in [2.75, 3.05) is 26.4 Å². The first-order valence-corrected chi connectivity index (χ1v) is 26.4. The molecule has 0 aliphatic carbocycles. The van der Waals surface area contributed by atoms with Gasteiger partial charge < -0.3 is 39.4 Å². The SMILES string of the molecule is CC/C=C\C/C=C\C/C=C\C/C=C\C/C=C\CCCCCC(=O)OC(COCCCCCCCCCCCCCCCCCCCCCCCC)COC1OC(CO)C(O)C(O)C1O. The summed E-state index contributed by atoms with van der Waals surface area (Å²) in [5.74, 6) is -0.342. The molecule has 6 atom stereocenters. The Hall–Kier alpha value is -2.11. The van der Waals surface area contributed by atoms with Crippen molar-refractivity contribution in [2.45, 2.75) is 256 Å². The number of aliphatic hydroxyl groups excluding tert-OH is 4. The maximum atomic E-state index is 12.8.